The maximum Gasteiger partial charge on any atom is 0.0234 e. The van der Waals surface area contributed by atoms with Crippen LogP contribution >= 0.6 is 0 Å². The molecule has 0 fully saturated rings. The lowest BCUT2D eigenvalue weighted by Crippen LogP contribution is -1.89. The zero-order valence-corrected chi connectivity index (χ0v) is 5.81. The van der Waals surface area contributed by atoms with Crippen LogP contribution in [0.3, 0.4) is 0 Å². The molecule has 2 rings (SSSR count). The first kappa shape index (κ1) is 5.04. The summed E-state index contributed by atoms with van der Waals surface area (Å²) in [6, 6.07) is 0. The smallest absolute Gasteiger partial charge is 0.0234 e. The fraction of sp³-hybridized carbons (Fsp3) is 0.333. The predicted molar refractivity (Wildman–Crippen MR) is 39.1 cm³/mol. The fourth-order valence-electron chi connectivity index (χ4n) is 1.34. The molecule has 0 saturated carbocycles. The van der Waals surface area contributed by atoms with Crippen molar-refractivity contribution in [1.29, 1.82) is 0 Å². The molecule has 0 saturated heterocycles. The molecule has 0 radical (unpaired) electrons. The van der Waals surface area contributed by atoms with E-state index >= 15 is 0 Å². The molecule has 0 aromatic carbocycles. The van der Waals surface area contributed by atoms with Crippen LogP contribution in [0.1, 0.15) is 13.8 Å². The quantitative estimate of drug-likeness (QED) is 0.458. The van der Waals surface area contributed by atoms with Gasteiger partial charge in [0.05, 0.1) is 0 Å². The van der Waals surface area contributed by atoms with Crippen molar-refractivity contribution in [3.05, 3.63) is 34.9 Å². The molecule has 0 spiro atoms. The normalized spacial score (nSPS) is 30.0. The van der Waals surface area contributed by atoms with Gasteiger partial charge in [0.2, 0.25) is 0 Å². The molecule has 0 heterocycles. The first-order valence-corrected chi connectivity index (χ1v) is 3.36. The number of fused-ring (bicyclic) bond motifs is 1. The molecule has 0 nitrogen and oxygen atoms in total. The third kappa shape index (κ3) is 0.593. The van der Waals surface area contributed by atoms with Crippen LogP contribution in [0.15, 0.2) is 34.9 Å². The molecule has 0 unspecified atom stereocenters. The molecule has 0 heteroatoms. The van der Waals surface area contributed by atoms with Gasteiger partial charge in [-0.3, -0.25) is 0 Å². The minimum absolute atomic E-state index is 0.731. The number of hydrogen-bond donors (Lipinski definition) is 0. The van der Waals surface area contributed by atoms with E-state index in [1.165, 1.54) is 11.1 Å². The Labute approximate surface area is 55.6 Å². The maximum atomic E-state index is 2.32. The Hall–Kier alpha value is -0.780. The molecule has 0 N–H and O–H groups in total. The van der Waals surface area contributed by atoms with Gasteiger partial charge in [-0.15, -0.1) is 0 Å². The molecule has 0 bridgehead atoms. The predicted octanol–water partition coefficient (Wildman–Crippen LogP) is 2.45. The highest BCUT2D eigenvalue weighted by atomic mass is 14.3. The van der Waals surface area contributed by atoms with Gasteiger partial charge in [0.15, 0.2) is 0 Å². The Kier molecular flexibility index (Phi) is 0.774. The number of rotatable bonds is 0. The SMILES string of the molecule is CC1=CC=C(C)[C@@H]2C=C12. The van der Waals surface area contributed by atoms with Crippen molar-refractivity contribution in [3.8, 4) is 0 Å². The van der Waals surface area contributed by atoms with E-state index in [0.717, 1.165) is 5.92 Å². The summed E-state index contributed by atoms with van der Waals surface area (Å²) in [5.74, 6) is 0.731. The highest BCUT2D eigenvalue weighted by Crippen LogP contribution is 2.42. The van der Waals surface area contributed by atoms with E-state index < -0.39 is 0 Å². The Bertz CT molecular complexity index is 239. The molecular formula is C9H10. The maximum absolute atomic E-state index is 2.32. The second-order valence-electron chi connectivity index (χ2n) is 2.86. The van der Waals surface area contributed by atoms with Crippen molar-refractivity contribution in [1.82, 2.24) is 0 Å². The molecule has 2 aliphatic carbocycles. The van der Waals surface area contributed by atoms with Gasteiger partial charge in [0.1, 0.15) is 0 Å². The van der Waals surface area contributed by atoms with Crippen LogP contribution in [0, 0.1) is 5.92 Å². The number of hydrogen-bond acceptors (Lipinski definition) is 0. The largest absolute Gasteiger partial charge is 0.0686 e. The van der Waals surface area contributed by atoms with Gasteiger partial charge in [-0.2, -0.15) is 0 Å². The highest BCUT2D eigenvalue weighted by molar-refractivity contribution is 5.56. The number of allylic oxidation sites excluding steroid dienone is 6. The molecule has 0 aromatic rings. The standard InChI is InChI=1S/C9H10/c1-6-3-4-7(2)9-5-8(6)9/h3-5,8H,1-2H3/t8-/m0/s1. The summed E-state index contributed by atoms with van der Waals surface area (Å²) in [4.78, 5) is 0. The summed E-state index contributed by atoms with van der Waals surface area (Å²) in [5, 5.41) is 0. The first-order valence-electron chi connectivity index (χ1n) is 3.36. The lowest BCUT2D eigenvalue weighted by atomic mass is 10.0. The second-order valence-corrected chi connectivity index (χ2v) is 2.86. The van der Waals surface area contributed by atoms with Gasteiger partial charge in [-0.1, -0.05) is 23.8 Å². The fourth-order valence-corrected chi connectivity index (χ4v) is 1.34. The van der Waals surface area contributed by atoms with Gasteiger partial charge < -0.3 is 0 Å². The lowest BCUT2D eigenvalue weighted by Gasteiger charge is -2.05. The molecule has 0 aromatic heterocycles. The summed E-state index contributed by atoms with van der Waals surface area (Å²) in [6.45, 7) is 4.37. The van der Waals surface area contributed by atoms with Crippen molar-refractivity contribution in [2.24, 2.45) is 5.92 Å². The van der Waals surface area contributed by atoms with Gasteiger partial charge in [-0.25, -0.2) is 0 Å². The van der Waals surface area contributed by atoms with E-state index in [4.69, 9.17) is 0 Å². The van der Waals surface area contributed by atoms with Gasteiger partial charge in [0, 0.05) is 5.92 Å². The van der Waals surface area contributed by atoms with Crippen molar-refractivity contribution in [3.63, 3.8) is 0 Å². The zero-order chi connectivity index (χ0) is 6.43. The van der Waals surface area contributed by atoms with Gasteiger partial charge >= 0.3 is 0 Å². The zero-order valence-electron chi connectivity index (χ0n) is 5.81. The van der Waals surface area contributed by atoms with E-state index in [9.17, 15) is 0 Å². The lowest BCUT2D eigenvalue weighted by molar-refractivity contribution is 1.04. The Morgan fingerprint density at radius 2 is 2.00 bits per heavy atom. The van der Waals surface area contributed by atoms with Gasteiger partial charge in [-0.05, 0) is 25.0 Å². The van der Waals surface area contributed by atoms with Crippen LogP contribution in [0.5, 0.6) is 0 Å². The van der Waals surface area contributed by atoms with Crippen LogP contribution < -0.4 is 0 Å². The van der Waals surface area contributed by atoms with Crippen LogP contribution in [0.4, 0.5) is 0 Å². The van der Waals surface area contributed by atoms with Crippen molar-refractivity contribution < 1.29 is 0 Å². The Morgan fingerprint density at radius 3 is 2.67 bits per heavy atom. The van der Waals surface area contributed by atoms with E-state index in [-0.39, 0.29) is 0 Å². The van der Waals surface area contributed by atoms with Crippen LogP contribution in [-0.2, 0) is 0 Å². The first-order chi connectivity index (χ1) is 4.29. The van der Waals surface area contributed by atoms with Crippen LogP contribution in [0.2, 0.25) is 0 Å². The summed E-state index contributed by atoms with van der Waals surface area (Å²) in [6.07, 6.45) is 6.74. The molecule has 46 valence electrons. The summed E-state index contributed by atoms with van der Waals surface area (Å²) < 4.78 is 0. The molecule has 0 amide bonds. The Morgan fingerprint density at radius 1 is 1.22 bits per heavy atom. The van der Waals surface area contributed by atoms with Crippen molar-refractivity contribution >= 4 is 0 Å². The Balaban J connectivity index is 2.40. The van der Waals surface area contributed by atoms with Crippen LogP contribution in [0.25, 0.3) is 0 Å². The molecule has 9 heavy (non-hydrogen) atoms. The molecule has 0 aliphatic heterocycles. The van der Waals surface area contributed by atoms with Crippen LogP contribution in [-0.4, -0.2) is 0 Å². The van der Waals surface area contributed by atoms with E-state index in [2.05, 4.69) is 32.1 Å². The topological polar surface area (TPSA) is 0 Å². The van der Waals surface area contributed by atoms with E-state index in [0.29, 0.717) is 0 Å². The monoisotopic (exact) mass is 118 g/mol. The minimum Gasteiger partial charge on any atom is -0.0686 e. The minimum atomic E-state index is 0.731. The summed E-state index contributed by atoms with van der Waals surface area (Å²) in [5.41, 5.74) is 4.50. The third-order valence-electron chi connectivity index (χ3n) is 2.11. The molecule has 1 atom stereocenters. The average Bonchev–Trinajstić information content (AvgIpc) is 2.57. The molecular weight excluding hydrogens is 108 g/mol. The third-order valence-corrected chi connectivity index (χ3v) is 2.11. The molecule has 2 aliphatic rings. The summed E-state index contributed by atoms with van der Waals surface area (Å²) >= 11 is 0. The average molecular weight is 118 g/mol. The van der Waals surface area contributed by atoms with E-state index in [1.807, 2.05) is 0 Å². The second kappa shape index (κ2) is 1.38. The highest BCUT2D eigenvalue weighted by Gasteiger charge is 2.28. The van der Waals surface area contributed by atoms with Gasteiger partial charge in [0.25, 0.3) is 0 Å². The van der Waals surface area contributed by atoms with E-state index in [1.54, 1.807) is 5.57 Å². The summed E-state index contributed by atoms with van der Waals surface area (Å²) in [7, 11) is 0. The van der Waals surface area contributed by atoms with Crippen molar-refractivity contribution in [2.75, 3.05) is 0 Å². The van der Waals surface area contributed by atoms with Crippen molar-refractivity contribution in [2.45, 2.75) is 13.8 Å².